The van der Waals surface area contributed by atoms with Crippen molar-refractivity contribution in [3.63, 3.8) is 0 Å². The van der Waals surface area contributed by atoms with Crippen molar-refractivity contribution in [3.8, 4) is 11.5 Å². The zero-order valence-corrected chi connectivity index (χ0v) is 14.7. The van der Waals surface area contributed by atoms with Gasteiger partial charge in [0.2, 0.25) is 0 Å². The Bertz CT molecular complexity index is 820. The maximum absolute atomic E-state index is 12.0. The number of carbonyl (C=O) groups is 1. The van der Waals surface area contributed by atoms with Gasteiger partial charge in [-0.1, -0.05) is 18.2 Å². The lowest BCUT2D eigenvalue weighted by molar-refractivity contribution is 0.0200. The molecule has 0 bridgehead atoms. The Kier molecular flexibility index (Phi) is 6.37. The minimum Gasteiger partial charge on any atom is -0.495 e. The standard InChI is InChI=1S/C17H19NO6S/c1-22-15-9-8-13(12-16(15)25(2,20)21)17(19)18-24-11-10-23-14-6-4-3-5-7-14/h3-9,12H,10-11H2,1-2H3,(H,18,19). The SMILES string of the molecule is COc1ccc(C(=O)NOCCOc2ccccc2)cc1S(C)(=O)=O. The highest BCUT2D eigenvalue weighted by Gasteiger charge is 2.17. The number of methoxy groups -OCH3 is 1. The Labute approximate surface area is 146 Å². The molecule has 0 aromatic heterocycles. The molecule has 0 saturated carbocycles. The number of hydroxylamine groups is 1. The van der Waals surface area contributed by atoms with Gasteiger partial charge in [-0.2, -0.15) is 0 Å². The summed E-state index contributed by atoms with van der Waals surface area (Å²) in [6.45, 7) is 0.386. The van der Waals surface area contributed by atoms with Crippen LogP contribution < -0.4 is 15.0 Å². The van der Waals surface area contributed by atoms with Crippen LogP contribution >= 0.6 is 0 Å². The molecule has 0 aliphatic heterocycles. The van der Waals surface area contributed by atoms with Crippen LogP contribution in [0.4, 0.5) is 0 Å². The number of sulfone groups is 1. The fourth-order valence-electron chi connectivity index (χ4n) is 2.00. The van der Waals surface area contributed by atoms with Gasteiger partial charge in [0.15, 0.2) is 9.84 Å². The third kappa shape index (κ3) is 5.47. The van der Waals surface area contributed by atoms with Gasteiger partial charge in [-0.3, -0.25) is 9.63 Å². The first-order valence-electron chi connectivity index (χ1n) is 7.40. The number of rotatable bonds is 8. The zero-order valence-electron chi connectivity index (χ0n) is 13.9. The smallest absolute Gasteiger partial charge is 0.274 e. The second kappa shape index (κ2) is 8.50. The first-order chi connectivity index (χ1) is 11.9. The molecule has 0 unspecified atom stereocenters. The molecule has 0 radical (unpaired) electrons. The van der Waals surface area contributed by atoms with E-state index in [1.165, 1.54) is 25.3 Å². The summed E-state index contributed by atoms with van der Waals surface area (Å²) in [5, 5.41) is 0. The number of hydrogen-bond acceptors (Lipinski definition) is 6. The quantitative estimate of drug-likeness (QED) is 0.567. The lowest BCUT2D eigenvalue weighted by atomic mass is 10.2. The number of nitrogens with one attached hydrogen (secondary N) is 1. The summed E-state index contributed by atoms with van der Waals surface area (Å²) in [5.74, 6) is 0.314. The molecule has 0 aliphatic rings. The average molecular weight is 365 g/mol. The van der Waals surface area contributed by atoms with Gasteiger partial charge in [0, 0.05) is 11.8 Å². The Morgan fingerprint density at radius 3 is 2.44 bits per heavy atom. The van der Waals surface area contributed by atoms with E-state index in [1.807, 2.05) is 30.3 Å². The summed E-state index contributed by atoms with van der Waals surface area (Å²) in [4.78, 5) is 17.0. The van der Waals surface area contributed by atoms with Gasteiger partial charge in [-0.05, 0) is 30.3 Å². The molecule has 7 nitrogen and oxygen atoms in total. The van der Waals surface area contributed by atoms with Crippen molar-refractivity contribution in [2.24, 2.45) is 0 Å². The summed E-state index contributed by atoms with van der Waals surface area (Å²) < 4.78 is 33.9. The first kappa shape index (κ1) is 18.8. The van der Waals surface area contributed by atoms with Crippen LogP contribution in [0.1, 0.15) is 10.4 Å². The molecule has 0 saturated heterocycles. The summed E-state index contributed by atoms with van der Waals surface area (Å²) in [6, 6.07) is 13.3. The Morgan fingerprint density at radius 2 is 1.80 bits per heavy atom. The number of hydrogen-bond donors (Lipinski definition) is 1. The van der Waals surface area contributed by atoms with Gasteiger partial charge >= 0.3 is 0 Å². The van der Waals surface area contributed by atoms with Gasteiger partial charge in [-0.15, -0.1) is 0 Å². The molecule has 134 valence electrons. The predicted molar refractivity (Wildman–Crippen MR) is 91.5 cm³/mol. The van der Waals surface area contributed by atoms with Gasteiger partial charge in [0.1, 0.15) is 29.6 Å². The van der Waals surface area contributed by atoms with Crippen LogP contribution in [0.15, 0.2) is 53.4 Å². The third-order valence-corrected chi connectivity index (χ3v) is 4.31. The number of benzene rings is 2. The predicted octanol–water partition coefficient (Wildman–Crippen LogP) is 1.84. The molecule has 25 heavy (non-hydrogen) atoms. The number of carbonyl (C=O) groups excluding carboxylic acids is 1. The van der Waals surface area contributed by atoms with Crippen molar-refractivity contribution in [1.82, 2.24) is 5.48 Å². The minimum absolute atomic E-state index is 0.0601. The van der Waals surface area contributed by atoms with Crippen LogP contribution in [0, 0.1) is 0 Å². The van der Waals surface area contributed by atoms with Crippen LogP contribution in [-0.4, -0.2) is 40.9 Å². The number of ether oxygens (including phenoxy) is 2. The van der Waals surface area contributed by atoms with E-state index >= 15 is 0 Å². The molecule has 0 spiro atoms. The molecular formula is C17H19NO6S. The molecule has 0 aliphatic carbocycles. The lowest BCUT2D eigenvalue weighted by Crippen LogP contribution is -2.26. The summed E-state index contributed by atoms with van der Waals surface area (Å²) in [5.41, 5.74) is 2.39. The summed E-state index contributed by atoms with van der Waals surface area (Å²) in [7, 11) is -2.17. The van der Waals surface area contributed by atoms with E-state index in [1.54, 1.807) is 0 Å². The van der Waals surface area contributed by atoms with Crippen molar-refractivity contribution in [2.75, 3.05) is 26.6 Å². The molecule has 8 heteroatoms. The second-order valence-corrected chi connectivity index (χ2v) is 7.06. The topological polar surface area (TPSA) is 90.9 Å². The van der Waals surface area contributed by atoms with Gasteiger partial charge < -0.3 is 9.47 Å². The van der Waals surface area contributed by atoms with E-state index in [0.717, 1.165) is 6.26 Å². The summed E-state index contributed by atoms with van der Waals surface area (Å²) >= 11 is 0. The van der Waals surface area contributed by atoms with Crippen LogP contribution in [0.5, 0.6) is 11.5 Å². The molecule has 0 atom stereocenters. The van der Waals surface area contributed by atoms with E-state index < -0.39 is 15.7 Å². The highest BCUT2D eigenvalue weighted by Crippen LogP contribution is 2.24. The summed E-state index contributed by atoms with van der Waals surface area (Å²) in [6.07, 6.45) is 1.05. The Balaban J connectivity index is 1.88. The molecular weight excluding hydrogens is 346 g/mol. The van der Waals surface area contributed by atoms with Crippen molar-refractivity contribution < 1.29 is 27.5 Å². The van der Waals surface area contributed by atoms with E-state index in [0.29, 0.717) is 5.75 Å². The van der Waals surface area contributed by atoms with E-state index in [9.17, 15) is 13.2 Å². The number of para-hydroxylation sites is 1. The van der Waals surface area contributed by atoms with Gasteiger partial charge in [0.25, 0.3) is 5.91 Å². The van der Waals surface area contributed by atoms with E-state index in [4.69, 9.17) is 14.3 Å². The molecule has 2 aromatic carbocycles. The van der Waals surface area contributed by atoms with E-state index in [-0.39, 0.29) is 29.4 Å². The van der Waals surface area contributed by atoms with Crippen molar-refractivity contribution in [1.29, 1.82) is 0 Å². The normalized spacial score (nSPS) is 11.0. The van der Waals surface area contributed by atoms with Crippen molar-refractivity contribution in [2.45, 2.75) is 4.90 Å². The van der Waals surface area contributed by atoms with Gasteiger partial charge in [0.05, 0.1) is 7.11 Å². The Hall–Kier alpha value is -2.58. The minimum atomic E-state index is -3.53. The fraction of sp³-hybridized carbons (Fsp3) is 0.235. The van der Waals surface area contributed by atoms with Crippen molar-refractivity contribution >= 4 is 15.7 Å². The first-order valence-corrected chi connectivity index (χ1v) is 9.29. The fourth-order valence-corrected chi connectivity index (χ4v) is 2.86. The van der Waals surface area contributed by atoms with Crippen LogP contribution in [0.3, 0.4) is 0 Å². The van der Waals surface area contributed by atoms with E-state index in [2.05, 4.69) is 5.48 Å². The average Bonchev–Trinajstić information content (AvgIpc) is 2.61. The molecule has 2 aromatic rings. The molecule has 0 heterocycles. The van der Waals surface area contributed by atoms with Crippen LogP contribution in [0.25, 0.3) is 0 Å². The lowest BCUT2D eigenvalue weighted by Gasteiger charge is -2.10. The van der Waals surface area contributed by atoms with Crippen LogP contribution in [-0.2, 0) is 14.7 Å². The maximum atomic E-state index is 12.0. The zero-order chi connectivity index (χ0) is 18.3. The molecule has 2 rings (SSSR count). The van der Waals surface area contributed by atoms with Gasteiger partial charge in [-0.25, -0.2) is 13.9 Å². The Morgan fingerprint density at radius 1 is 1.08 bits per heavy atom. The maximum Gasteiger partial charge on any atom is 0.274 e. The van der Waals surface area contributed by atoms with Crippen LogP contribution in [0.2, 0.25) is 0 Å². The number of amides is 1. The highest BCUT2D eigenvalue weighted by atomic mass is 32.2. The molecule has 1 amide bonds. The highest BCUT2D eigenvalue weighted by molar-refractivity contribution is 7.90. The second-order valence-electron chi connectivity index (χ2n) is 5.08. The molecule has 1 N–H and O–H groups in total. The largest absolute Gasteiger partial charge is 0.495 e. The van der Waals surface area contributed by atoms with Crippen molar-refractivity contribution in [3.05, 3.63) is 54.1 Å². The monoisotopic (exact) mass is 365 g/mol. The third-order valence-electron chi connectivity index (χ3n) is 3.19. The molecule has 0 fully saturated rings.